The highest BCUT2D eigenvalue weighted by Gasteiger charge is 2.33. The van der Waals surface area contributed by atoms with Gasteiger partial charge in [-0.3, -0.25) is 19.2 Å². The maximum atomic E-state index is 12.9. The Kier molecular flexibility index (Phi) is 5.27. The van der Waals surface area contributed by atoms with Crippen LogP contribution in [0.25, 0.3) is 10.9 Å². The van der Waals surface area contributed by atoms with Crippen molar-refractivity contribution < 1.29 is 19.2 Å². The number of amides is 4. The molecule has 10 nitrogen and oxygen atoms in total. The first-order chi connectivity index (χ1) is 16.3. The Morgan fingerprint density at radius 3 is 2.76 bits per heavy atom. The van der Waals surface area contributed by atoms with Crippen molar-refractivity contribution >= 4 is 40.2 Å². The molecular weight excluding hydrogens is 436 g/mol. The Hall–Kier alpha value is -4.21. The molecule has 174 valence electrons. The minimum Gasteiger partial charge on any atom is -0.368 e. The molecule has 34 heavy (non-hydrogen) atoms. The van der Waals surface area contributed by atoms with Gasteiger partial charge in [-0.05, 0) is 48.7 Å². The van der Waals surface area contributed by atoms with Crippen molar-refractivity contribution in [1.29, 1.82) is 0 Å². The second-order valence-electron chi connectivity index (χ2n) is 8.73. The van der Waals surface area contributed by atoms with Crippen molar-refractivity contribution in [3.8, 4) is 0 Å². The van der Waals surface area contributed by atoms with Gasteiger partial charge in [0, 0.05) is 35.5 Å². The van der Waals surface area contributed by atoms with E-state index in [0.29, 0.717) is 42.9 Å². The molecule has 5 N–H and O–H groups in total. The monoisotopic (exact) mass is 460 g/mol. The highest BCUT2D eigenvalue weighted by Crippen LogP contribution is 2.32. The molecule has 2 aromatic heterocycles. The van der Waals surface area contributed by atoms with Crippen LogP contribution < -0.4 is 16.4 Å². The van der Waals surface area contributed by atoms with E-state index in [-0.39, 0.29) is 29.3 Å². The Bertz CT molecular complexity index is 1330. The zero-order valence-corrected chi connectivity index (χ0v) is 18.6. The predicted molar refractivity (Wildman–Crippen MR) is 124 cm³/mol. The lowest BCUT2D eigenvalue weighted by Crippen LogP contribution is -2.43. The van der Waals surface area contributed by atoms with Gasteiger partial charge in [-0.25, -0.2) is 4.98 Å². The van der Waals surface area contributed by atoms with Gasteiger partial charge in [-0.15, -0.1) is 0 Å². The number of fused-ring (bicyclic) bond motifs is 3. The fraction of sp³-hybridized carbons (Fsp3) is 0.292. The third-order valence-corrected chi connectivity index (χ3v) is 6.47. The molecule has 0 spiro atoms. The minimum absolute atomic E-state index is 0.124. The number of aromatic nitrogens is 2. The number of H-pyrrole nitrogens is 1. The van der Waals surface area contributed by atoms with Crippen molar-refractivity contribution in [1.82, 2.24) is 20.2 Å². The molecule has 1 saturated heterocycles. The summed E-state index contributed by atoms with van der Waals surface area (Å²) in [5, 5.41) is 6.48. The standard InChI is InChI=1S/C24H24N6O4/c1-12-10-27-23(33)20-19(12)15-9-13(4-6-16(15)29-20)22(32)28-14-5-7-17(26-11-14)24(34)30-8-2-3-18(30)21(25)31/h4-7,9,11-12,18,29H,2-3,8,10H2,1H3,(H2,25,31)(H,27,33)(H,28,32). The van der Waals surface area contributed by atoms with Crippen LogP contribution in [-0.2, 0) is 4.79 Å². The predicted octanol–water partition coefficient (Wildman–Crippen LogP) is 1.75. The highest BCUT2D eigenvalue weighted by molar-refractivity contribution is 6.08. The average molecular weight is 460 g/mol. The molecule has 1 aromatic carbocycles. The van der Waals surface area contributed by atoms with Gasteiger partial charge in [0.1, 0.15) is 17.4 Å². The number of carbonyl (C=O) groups is 4. The highest BCUT2D eigenvalue weighted by atomic mass is 16.2. The largest absolute Gasteiger partial charge is 0.368 e. The molecule has 0 bridgehead atoms. The number of hydrogen-bond acceptors (Lipinski definition) is 5. The smallest absolute Gasteiger partial charge is 0.273 e. The van der Waals surface area contributed by atoms with E-state index in [0.717, 1.165) is 16.5 Å². The average Bonchev–Trinajstić information content (AvgIpc) is 3.47. The fourth-order valence-corrected chi connectivity index (χ4v) is 4.73. The lowest BCUT2D eigenvalue weighted by molar-refractivity contribution is -0.121. The number of nitrogens with one attached hydrogen (secondary N) is 3. The van der Waals surface area contributed by atoms with Gasteiger partial charge in [0.25, 0.3) is 17.7 Å². The lowest BCUT2D eigenvalue weighted by Gasteiger charge is -2.21. The van der Waals surface area contributed by atoms with E-state index in [1.54, 1.807) is 24.3 Å². The molecule has 2 unspecified atom stereocenters. The molecule has 2 aliphatic rings. The number of pyridine rings is 1. The van der Waals surface area contributed by atoms with E-state index in [4.69, 9.17) is 5.73 Å². The summed E-state index contributed by atoms with van der Waals surface area (Å²) in [6.45, 7) is 3.03. The van der Waals surface area contributed by atoms with Crippen molar-refractivity contribution in [2.24, 2.45) is 5.73 Å². The number of nitrogens with zero attached hydrogens (tertiary/aromatic N) is 2. The maximum Gasteiger partial charge on any atom is 0.273 e. The molecule has 4 amide bonds. The number of nitrogens with two attached hydrogens (primary N) is 1. The van der Waals surface area contributed by atoms with Crippen LogP contribution in [0.4, 0.5) is 5.69 Å². The summed E-state index contributed by atoms with van der Waals surface area (Å²) in [6.07, 6.45) is 2.67. The number of anilines is 1. The summed E-state index contributed by atoms with van der Waals surface area (Å²) in [6, 6.07) is 7.74. The number of carbonyl (C=O) groups excluding carboxylic acids is 4. The second-order valence-corrected chi connectivity index (χ2v) is 8.73. The van der Waals surface area contributed by atoms with Gasteiger partial charge in [0.15, 0.2) is 0 Å². The molecule has 2 atom stereocenters. The number of likely N-dealkylation sites (tertiary alicyclic amines) is 1. The quantitative estimate of drug-likeness (QED) is 0.468. The maximum absolute atomic E-state index is 12.9. The number of aromatic amines is 1. The van der Waals surface area contributed by atoms with E-state index >= 15 is 0 Å². The van der Waals surface area contributed by atoms with Crippen LogP contribution >= 0.6 is 0 Å². The van der Waals surface area contributed by atoms with Crippen molar-refractivity contribution in [3.05, 3.63) is 59.0 Å². The SMILES string of the molecule is CC1CNC(=O)c2[nH]c3ccc(C(=O)Nc4ccc(C(=O)N5CCCC5C(N)=O)nc4)cc3c21. The van der Waals surface area contributed by atoms with Crippen LogP contribution in [0.2, 0.25) is 0 Å². The second kappa shape index (κ2) is 8.29. The molecule has 2 aliphatic heterocycles. The van der Waals surface area contributed by atoms with Crippen molar-refractivity contribution in [2.45, 2.75) is 31.7 Å². The summed E-state index contributed by atoms with van der Waals surface area (Å²) in [4.78, 5) is 58.1. The van der Waals surface area contributed by atoms with Crippen molar-refractivity contribution in [3.63, 3.8) is 0 Å². The number of hydrogen-bond donors (Lipinski definition) is 4. The number of benzene rings is 1. The first kappa shape index (κ1) is 21.6. The van der Waals surface area contributed by atoms with Crippen LogP contribution in [0.5, 0.6) is 0 Å². The molecule has 4 heterocycles. The van der Waals surface area contributed by atoms with Crippen LogP contribution in [0.3, 0.4) is 0 Å². The Balaban J connectivity index is 1.34. The van der Waals surface area contributed by atoms with Gasteiger partial charge in [-0.1, -0.05) is 6.92 Å². The molecule has 0 radical (unpaired) electrons. The van der Waals surface area contributed by atoms with E-state index in [1.165, 1.54) is 17.2 Å². The lowest BCUT2D eigenvalue weighted by atomic mass is 9.93. The van der Waals surface area contributed by atoms with Crippen molar-refractivity contribution in [2.75, 3.05) is 18.4 Å². The van der Waals surface area contributed by atoms with Crippen LogP contribution in [-0.4, -0.2) is 57.6 Å². The summed E-state index contributed by atoms with van der Waals surface area (Å²) in [5.74, 6) is -1.24. The molecular formula is C24H24N6O4. The Labute approximate surface area is 194 Å². The fourth-order valence-electron chi connectivity index (χ4n) is 4.73. The van der Waals surface area contributed by atoms with E-state index < -0.39 is 11.9 Å². The number of primary amides is 1. The Morgan fingerprint density at radius 2 is 2.03 bits per heavy atom. The number of rotatable bonds is 4. The molecule has 5 rings (SSSR count). The van der Waals surface area contributed by atoms with Gasteiger partial charge < -0.3 is 26.3 Å². The minimum atomic E-state index is -0.614. The molecule has 0 aliphatic carbocycles. The van der Waals surface area contributed by atoms with Gasteiger partial charge in [0.2, 0.25) is 5.91 Å². The summed E-state index contributed by atoms with van der Waals surface area (Å²) in [5.41, 5.74) is 8.69. The zero-order chi connectivity index (χ0) is 24.0. The molecule has 3 aromatic rings. The summed E-state index contributed by atoms with van der Waals surface area (Å²) < 4.78 is 0. The summed E-state index contributed by atoms with van der Waals surface area (Å²) >= 11 is 0. The third kappa shape index (κ3) is 3.66. The van der Waals surface area contributed by atoms with Gasteiger partial charge in [0.05, 0.1) is 11.9 Å². The topological polar surface area (TPSA) is 150 Å². The van der Waals surface area contributed by atoms with E-state index in [9.17, 15) is 19.2 Å². The molecule has 10 heteroatoms. The molecule has 0 saturated carbocycles. The van der Waals surface area contributed by atoms with Gasteiger partial charge in [-0.2, -0.15) is 0 Å². The van der Waals surface area contributed by atoms with Crippen LogP contribution in [0, 0.1) is 0 Å². The third-order valence-electron chi connectivity index (χ3n) is 6.47. The van der Waals surface area contributed by atoms with E-state index in [2.05, 4.69) is 20.6 Å². The first-order valence-corrected chi connectivity index (χ1v) is 11.1. The van der Waals surface area contributed by atoms with Crippen LogP contribution in [0.15, 0.2) is 36.5 Å². The van der Waals surface area contributed by atoms with Gasteiger partial charge >= 0.3 is 0 Å². The van der Waals surface area contributed by atoms with E-state index in [1.807, 2.05) is 6.92 Å². The summed E-state index contributed by atoms with van der Waals surface area (Å²) in [7, 11) is 0. The Morgan fingerprint density at radius 1 is 1.21 bits per heavy atom. The normalized spacial score (nSPS) is 19.6. The zero-order valence-electron chi connectivity index (χ0n) is 18.6. The first-order valence-electron chi connectivity index (χ1n) is 11.1. The van der Waals surface area contributed by atoms with Crippen LogP contribution in [0.1, 0.15) is 62.6 Å². The molecule has 1 fully saturated rings.